The topological polar surface area (TPSA) is 62.4 Å². The molecule has 1 fully saturated rings. The van der Waals surface area contributed by atoms with E-state index in [2.05, 4.69) is 22.0 Å². The molecule has 1 aromatic carbocycles. The first kappa shape index (κ1) is 16.4. The second-order valence-electron chi connectivity index (χ2n) is 6.62. The second-order valence-corrected chi connectivity index (χ2v) is 7.06. The van der Waals surface area contributed by atoms with Gasteiger partial charge in [-0.05, 0) is 31.5 Å². The molecule has 1 unspecified atom stereocenters. The highest BCUT2D eigenvalue weighted by molar-refractivity contribution is 6.30. The Morgan fingerprint density at radius 2 is 2.30 bits per heavy atom. The minimum atomic E-state index is 0.0129. The lowest BCUT2D eigenvalue weighted by atomic mass is 9.83. The fourth-order valence-electron chi connectivity index (χ4n) is 3.10. The molecule has 1 aliphatic heterocycles. The molecule has 1 aliphatic rings. The van der Waals surface area contributed by atoms with E-state index in [9.17, 15) is 5.11 Å². The highest BCUT2D eigenvalue weighted by Gasteiger charge is 2.30. The van der Waals surface area contributed by atoms with Crippen molar-refractivity contribution in [2.45, 2.75) is 26.2 Å². The average molecular weight is 336 g/mol. The van der Waals surface area contributed by atoms with Crippen molar-refractivity contribution < 1.29 is 9.63 Å². The molecule has 124 valence electrons. The number of hydrogen-bond donors (Lipinski definition) is 1. The Labute approximate surface area is 141 Å². The van der Waals surface area contributed by atoms with Gasteiger partial charge >= 0.3 is 0 Å². The van der Waals surface area contributed by atoms with Gasteiger partial charge in [0.15, 0.2) is 0 Å². The maximum absolute atomic E-state index is 9.53. The number of aliphatic hydroxyl groups excluding tert-OH is 1. The van der Waals surface area contributed by atoms with E-state index < -0.39 is 0 Å². The molecule has 3 rings (SSSR count). The standard InChI is InChI=1S/C17H22ClN3O2/c1-17(12-22)7-3-8-21(11-17)9-6-15-19-16(20-23-15)13-4-2-5-14(18)10-13/h2,4-5,10,22H,3,6-9,11-12H2,1H3. The minimum absolute atomic E-state index is 0.0129. The lowest BCUT2D eigenvalue weighted by Crippen LogP contribution is -2.44. The molecule has 5 nitrogen and oxygen atoms in total. The number of benzene rings is 1. The molecule has 0 aliphatic carbocycles. The van der Waals surface area contributed by atoms with E-state index in [-0.39, 0.29) is 12.0 Å². The van der Waals surface area contributed by atoms with Crippen LogP contribution in [0, 0.1) is 5.41 Å². The first-order valence-electron chi connectivity index (χ1n) is 8.00. The summed E-state index contributed by atoms with van der Waals surface area (Å²) in [5.74, 6) is 1.21. The zero-order valence-corrected chi connectivity index (χ0v) is 14.1. The van der Waals surface area contributed by atoms with Gasteiger partial charge in [0.25, 0.3) is 0 Å². The predicted molar refractivity (Wildman–Crippen MR) is 89.3 cm³/mol. The van der Waals surface area contributed by atoms with E-state index in [1.165, 1.54) is 0 Å². The fraction of sp³-hybridized carbons (Fsp3) is 0.529. The van der Waals surface area contributed by atoms with Crippen LogP contribution in [0.1, 0.15) is 25.7 Å². The first-order chi connectivity index (χ1) is 11.1. The zero-order valence-electron chi connectivity index (χ0n) is 13.3. The highest BCUT2D eigenvalue weighted by Crippen LogP contribution is 2.28. The van der Waals surface area contributed by atoms with Crippen LogP contribution in [0.15, 0.2) is 28.8 Å². The Bertz CT molecular complexity index is 661. The molecule has 0 saturated carbocycles. The summed E-state index contributed by atoms with van der Waals surface area (Å²) in [4.78, 5) is 6.81. The first-order valence-corrected chi connectivity index (χ1v) is 8.37. The number of nitrogens with zero attached hydrogens (tertiary/aromatic N) is 3. The average Bonchev–Trinajstić information content (AvgIpc) is 3.02. The van der Waals surface area contributed by atoms with Gasteiger partial charge in [0.1, 0.15) is 0 Å². The van der Waals surface area contributed by atoms with Crippen LogP contribution in [0.3, 0.4) is 0 Å². The SMILES string of the molecule is CC1(CO)CCCN(CCc2nc(-c3cccc(Cl)c3)no2)C1. The quantitative estimate of drug-likeness (QED) is 0.910. The van der Waals surface area contributed by atoms with Gasteiger partial charge in [-0.2, -0.15) is 4.98 Å². The number of halogens is 1. The van der Waals surface area contributed by atoms with Gasteiger partial charge in [0.2, 0.25) is 11.7 Å². The third-order valence-electron chi connectivity index (χ3n) is 4.43. The molecule has 1 atom stereocenters. The van der Waals surface area contributed by atoms with Crippen LogP contribution in [-0.4, -0.2) is 46.4 Å². The summed E-state index contributed by atoms with van der Waals surface area (Å²) in [6.07, 6.45) is 2.92. The molecule has 1 N–H and O–H groups in total. The van der Waals surface area contributed by atoms with Gasteiger partial charge < -0.3 is 14.5 Å². The van der Waals surface area contributed by atoms with Crippen LogP contribution in [0.5, 0.6) is 0 Å². The molecular weight excluding hydrogens is 314 g/mol. The van der Waals surface area contributed by atoms with Crippen LogP contribution in [-0.2, 0) is 6.42 Å². The Hall–Kier alpha value is -1.43. The number of likely N-dealkylation sites (tertiary alicyclic amines) is 1. The molecule has 1 saturated heterocycles. The van der Waals surface area contributed by atoms with Crippen LogP contribution >= 0.6 is 11.6 Å². The fourth-order valence-corrected chi connectivity index (χ4v) is 3.29. The van der Waals surface area contributed by atoms with Crippen molar-refractivity contribution in [1.29, 1.82) is 0 Å². The van der Waals surface area contributed by atoms with E-state index in [4.69, 9.17) is 16.1 Å². The maximum atomic E-state index is 9.53. The Kier molecular flexibility index (Phi) is 4.99. The van der Waals surface area contributed by atoms with E-state index in [1.807, 2.05) is 24.3 Å². The van der Waals surface area contributed by atoms with Crippen LogP contribution in [0.2, 0.25) is 5.02 Å². The molecule has 2 aromatic rings. The van der Waals surface area contributed by atoms with E-state index in [1.54, 1.807) is 0 Å². The monoisotopic (exact) mass is 335 g/mol. The lowest BCUT2D eigenvalue weighted by molar-refractivity contribution is 0.0463. The largest absolute Gasteiger partial charge is 0.396 e. The Morgan fingerprint density at radius 1 is 1.43 bits per heavy atom. The van der Waals surface area contributed by atoms with Gasteiger partial charge in [0, 0.05) is 42.1 Å². The van der Waals surface area contributed by atoms with Crippen molar-refractivity contribution in [2.24, 2.45) is 5.41 Å². The number of rotatable bonds is 5. The summed E-state index contributed by atoms with van der Waals surface area (Å²) in [6.45, 7) is 5.22. The molecule has 6 heteroatoms. The van der Waals surface area contributed by atoms with Crippen molar-refractivity contribution in [2.75, 3.05) is 26.2 Å². The summed E-state index contributed by atoms with van der Waals surface area (Å²) in [5, 5.41) is 14.2. The van der Waals surface area contributed by atoms with Crippen LogP contribution in [0.25, 0.3) is 11.4 Å². The van der Waals surface area contributed by atoms with Crippen LogP contribution < -0.4 is 0 Å². The van der Waals surface area contributed by atoms with Crippen molar-refractivity contribution in [3.05, 3.63) is 35.2 Å². The van der Waals surface area contributed by atoms with Crippen molar-refractivity contribution >= 4 is 11.6 Å². The third-order valence-corrected chi connectivity index (χ3v) is 4.67. The smallest absolute Gasteiger partial charge is 0.228 e. The Balaban J connectivity index is 1.59. The summed E-state index contributed by atoms with van der Waals surface area (Å²) in [6, 6.07) is 7.43. The molecule has 0 radical (unpaired) electrons. The van der Waals surface area contributed by atoms with Gasteiger partial charge in [-0.3, -0.25) is 0 Å². The second kappa shape index (κ2) is 6.99. The maximum Gasteiger partial charge on any atom is 0.228 e. The molecule has 0 amide bonds. The molecule has 23 heavy (non-hydrogen) atoms. The third kappa shape index (κ3) is 4.10. The molecule has 2 heterocycles. The number of aliphatic hydroxyl groups is 1. The summed E-state index contributed by atoms with van der Waals surface area (Å²) in [5.41, 5.74) is 0.873. The zero-order chi connectivity index (χ0) is 16.3. The van der Waals surface area contributed by atoms with Gasteiger partial charge in [0.05, 0.1) is 0 Å². The van der Waals surface area contributed by atoms with E-state index in [0.717, 1.165) is 44.5 Å². The van der Waals surface area contributed by atoms with Crippen molar-refractivity contribution in [3.63, 3.8) is 0 Å². The summed E-state index contributed by atoms with van der Waals surface area (Å²) >= 11 is 5.99. The van der Waals surface area contributed by atoms with E-state index in [0.29, 0.717) is 16.7 Å². The minimum Gasteiger partial charge on any atom is -0.396 e. The van der Waals surface area contributed by atoms with Crippen LogP contribution in [0.4, 0.5) is 0 Å². The van der Waals surface area contributed by atoms with E-state index >= 15 is 0 Å². The molecular formula is C17H22ClN3O2. The number of piperidine rings is 1. The molecule has 0 bridgehead atoms. The highest BCUT2D eigenvalue weighted by atomic mass is 35.5. The normalized spacial score (nSPS) is 22.4. The summed E-state index contributed by atoms with van der Waals surface area (Å²) in [7, 11) is 0. The van der Waals surface area contributed by atoms with Crippen molar-refractivity contribution in [3.8, 4) is 11.4 Å². The number of hydrogen-bond acceptors (Lipinski definition) is 5. The molecule has 0 spiro atoms. The predicted octanol–water partition coefficient (Wildman–Crippen LogP) is 3.03. The van der Waals surface area contributed by atoms with Gasteiger partial charge in [-0.15, -0.1) is 0 Å². The summed E-state index contributed by atoms with van der Waals surface area (Å²) < 4.78 is 5.35. The van der Waals surface area contributed by atoms with Gasteiger partial charge in [-0.1, -0.05) is 35.8 Å². The molecule has 1 aromatic heterocycles. The van der Waals surface area contributed by atoms with Gasteiger partial charge in [-0.25, -0.2) is 0 Å². The lowest BCUT2D eigenvalue weighted by Gasteiger charge is -2.39. The van der Waals surface area contributed by atoms with Crippen molar-refractivity contribution in [1.82, 2.24) is 15.0 Å². The number of aromatic nitrogens is 2. The Morgan fingerprint density at radius 3 is 3.09 bits per heavy atom.